The fraction of sp³-hybridized carbons (Fsp3) is 0.375. The molecule has 0 unspecified atom stereocenters. The van der Waals surface area contributed by atoms with Crippen molar-refractivity contribution in [2.45, 2.75) is 44.2 Å². The van der Waals surface area contributed by atoms with Crippen LogP contribution in [0.2, 0.25) is 0 Å². The number of nitrogens with two attached hydrogens (primary N) is 1. The molecule has 2 aromatic carbocycles. The molecule has 0 bridgehead atoms. The van der Waals surface area contributed by atoms with Gasteiger partial charge in [-0.05, 0) is 62.1 Å². The van der Waals surface area contributed by atoms with Crippen LogP contribution in [0.5, 0.6) is 0 Å². The molecular weight excluding hydrogens is 390 g/mol. The van der Waals surface area contributed by atoms with Gasteiger partial charge in [0.25, 0.3) is 0 Å². The van der Waals surface area contributed by atoms with Crippen LogP contribution in [0.25, 0.3) is 0 Å². The van der Waals surface area contributed by atoms with Crippen molar-refractivity contribution in [2.24, 2.45) is 5.73 Å². The molecule has 0 spiro atoms. The van der Waals surface area contributed by atoms with Gasteiger partial charge < -0.3 is 16.0 Å². The lowest BCUT2D eigenvalue weighted by molar-refractivity contribution is -0.132. The number of carbonyl (C=O) groups is 2. The summed E-state index contributed by atoms with van der Waals surface area (Å²) in [5, 5.41) is 13.4. The SMILES string of the molecule is CN(c1ccc(C(=N)N)cc1)[C@@H](CCc1ccccc1)C(=O)NC(=O)[C@H]1CCCCN1. The Morgan fingerprint density at radius 3 is 2.48 bits per heavy atom. The Hall–Kier alpha value is -3.19. The van der Waals surface area contributed by atoms with Crippen LogP contribution in [0.4, 0.5) is 5.69 Å². The number of hydrogen-bond acceptors (Lipinski definition) is 5. The molecule has 2 amide bonds. The number of likely N-dealkylation sites (N-methyl/N-ethyl adjacent to an activating group) is 1. The minimum Gasteiger partial charge on any atom is -0.384 e. The van der Waals surface area contributed by atoms with Crippen molar-refractivity contribution in [3.05, 3.63) is 65.7 Å². The molecule has 1 saturated heterocycles. The van der Waals surface area contributed by atoms with Gasteiger partial charge in [0.1, 0.15) is 11.9 Å². The summed E-state index contributed by atoms with van der Waals surface area (Å²) < 4.78 is 0. The van der Waals surface area contributed by atoms with Crippen LogP contribution < -0.4 is 21.3 Å². The van der Waals surface area contributed by atoms with Crippen LogP contribution in [-0.2, 0) is 16.0 Å². The third-order valence-electron chi connectivity index (χ3n) is 5.78. The average molecular weight is 422 g/mol. The van der Waals surface area contributed by atoms with Gasteiger partial charge >= 0.3 is 0 Å². The van der Waals surface area contributed by atoms with E-state index in [2.05, 4.69) is 10.6 Å². The van der Waals surface area contributed by atoms with Crippen LogP contribution in [0.15, 0.2) is 54.6 Å². The summed E-state index contributed by atoms with van der Waals surface area (Å²) >= 11 is 0. The minimum atomic E-state index is -0.518. The summed E-state index contributed by atoms with van der Waals surface area (Å²) in [4.78, 5) is 27.6. The van der Waals surface area contributed by atoms with Crippen molar-refractivity contribution in [1.29, 1.82) is 5.41 Å². The topological polar surface area (TPSA) is 111 Å². The quantitative estimate of drug-likeness (QED) is 0.386. The number of nitrogen functional groups attached to an aromatic ring is 1. The number of imide groups is 1. The molecule has 0 aromatic heterocycles. The van der Waals surface area contributed by atoms with Crippen molar-refractivity contribution in [3.8, 4) is 0 Å². The number of amidine groups is 1. The third-order valence-corrected chi connectivity index (χ3v) is 5.78. The standard InChI is InChI=1S/C24H31N5O2/c1-29(19-13-11-18(12-14-19)22(25)26)21(15-10-17-7-3-2-4-8-17)24(31)28-23(30)20-9-5-6-16-27-20/h2-4,7-8,11-14,20-21,27H,5-6,9-10,15-16H2,1H3,(H3,25,26)(H,28,30,31)/t20-,21+/m1/s1. The Bertz CT molecular complexity index is 892. The number of hydrogen-bond donors (Lipinski definition) is 4. The van der Waals surface area contributed by atoms with E-state index in [1.54, 1.807) is 12.1 Å². The minimum absolute atomic E-state index is 0.00171. The maximum absolute atomic E-state index is 13.2. The van der Waals surface area contributed by atoms with Crippen molar-refractivity contribution in [3.63, 3.8) is 0 Å². The molecule has 0 radical (unpaired) electrons. The highest BCUT2D eigenvalue weighted by molar-refractivity contribution is 6.01. The van der Waals surface area contributed by atoms with E-state index >= 15 is 0 Å². The van der Waals surface area contributed by atoms with Crippen LogP contribution in [0.3, 0.4) is 0 Å². The second kappa shape index (κ2) is 10.7. The highest BCUT2D eigenvalue weighted by Gasteiger charge is 2.28. The lowest BCUT2D eigenvalue weighted by atomic mass is 10.0. The Kier molecular flexibility index (Phi) is 7.78. The van der Waals surface area contributed by atoms with E-state index in [9.17, 15) is 9.59 Å². The molecule has 0 aliphatic carbocycles. The monoisotopic (exact) mass is 421 g/mol. The zero-order chi connectivity index (χ0) is 22.2. The molecule has 164 valence electrons. The van der Waals surface area contributed by atoms with E-state index < -0.39 is 6.04 Å². The fourth-order valence-electron chi connectivity index (χ4n) is 3.87. The molecule has 2 aromatic rings. The van der Waals surface area contributed by atoms with Crippen LogP contribution in [-0.4, -0.2) is 43.3 Å². The molecule has 5 N–H and O–H groups in total. The zero-order valence-electron chi connectivity index (χ0n) is 17.9. The number of nitrogens with one attached hydrogen (secondary N) is 3. The van der Waals surface area contributed by atoms with Gasteiger partial charge in [-0.15, -0.1) is 0 Å². The number of nitrogens with zero attached hydrogens (tertiary/aromatic N) is 1. The lowest BCUT2D eigenvalue weighted by Gasteiger charge is -2.30. The Balaban J connectivity index is 1.74. The number of carbonyl (C=O) groups excluding carboxylic acids is 2. The van der Waals surface area contributed by atoms with Crippen molar-refractivity contribution in [2.75, 3.05) is 18.5 Å². The van der Waals surface area contributed by atoms with Crippen LogP contribution >= 0.6 is 0 Å². The molecule has 1 aliphatic heterocycles. The largest absolute Gasteiger partial charge is 0.384 e. The molecule has 3 rings (SSSR count). The first-order valence-electron chi connectivity index (χ1n) is 10.7. The van der Waals surface area contributed by atoms with Gasteiger partial charge in [-0.3, -0.25) is 20.3 Å². The first-order chi connectivity index (χ1) is 15.0. The van der Waals surface area contributed by atoms with Crippen molar-refractivity contribution >= 4 is 23.3 Å². The molecule has 1 fully saturated rings. The van der Waals surface area contributed by atoms with E-state index in [0.29, 0.717) is 18.4 Å². The summed E-state index contributed by atoms with van der Waals surface area (Å²) in [6, 6.07) is 16.4. The van der Waals surface area contributed by atoms with Crippen LogP contribution in [0, 0.1) is 5.41 Å². The molecule has 7 nitrogen and oxygen atoms in total. The van der Waals surface area contributed by atoms with Gasteiger partial charge in [0, 0.05) is 18.3 Å². The third kappa shape index (κ3) is 6.15. The van der Waals surface area contributed by atoms with Crippen molar-refractivity contribution < 1.29 is 9.59 Å². The zero-order valence-corrected chi connectivity index (χ0v) is 17.9. The number of benzene rings is 2. The van der Waals surface area contributed by atoms with E-state index in [1.165, 1.54) is 0 Å². The molecule has 1 aliphatic rings. The highest BCUT2D eigenvalue weighted by atomic mass is 16.2. The van der Waals surface area contributed by atoms with Crippen LogP contribution in [0.1, 0.15) is 36.8 Å². The summed E-state index contributed by atoms with van der Waals surface area (Å²) in [5.41, 5.74) is 8.13. The highest BCUT2D eigenvalue weighted by Crippen LogP contribution is 2.20. The Labute approximate surface area is 183 Å². The molecule has 0 saturated carbocycles. The predicted molar refractivity (Wildman–Crippen MR) is 123 cm³/mol. The normalized spacial score (nSPS) is 16.9. The van der Waals surface area contributed by atoms with Gasteiger partial charge in [0.05, 0.1) is 6.04 Å². The number of amides is 2. The lowest BCUT2D eigenvalue weighted by Crippen LogP contribution is -2.53. The Morgan fingerprint density at radius 2 is 1.87 bits per heavy atom. The second-order valence-corrected chi connectivity index (χ2v) is 7.97. The van der Waals surface area contributed by atoms with E-state index in [0.717, 1.165) is 37.1 Å². The first kappa shape index (κ1) is 22.5. The maximum atomic E-state index is 13.2. The smallest absolute Gasteiger partial charge is 0.249 e. The number of aryl methyl sites for hydroxylation is 1. The van der Waals surface area contributed by atoms with E-state index in [1.807, 2.05) is 54.4 Å². The molecule has 1 heterocycles. The molecular formula is C24H31N5O2. The summed E-state index contributed by atoms with van der Waals surface area (Å²) in [6.07, 6.45) is 4.06. The summed E-state index contributed by atoms with van der Waals surface area (Å²) in [6.45, 7) is 0.798. The predicted octanol–water partition coefficient (Wildman–Crippen LogP) is 2.19. The van der Waals surface area contributed by atoms with Gasteiger partial charge in [0.15, 0.2) is 0 Å². The van der Waals surface area contributed by atoms with Gasteiger partial charge in [0.2, 0.25) is 11.8 Å². The summed E-state index contributed by atoms with van der Waals surface area (Å²) in [7, 11) is 1.85. The fourth-order valence-corrected chi connectivity index (χ4v) is 3.87. The number of rotatable bonds is 8. The Morgan fingerprint density at radius 1 is 1.16 bits per heavy atom. The number of piperidine rings is 1. The molecule has 31 heavy (non-hydrogen) atoms. The average Bonchev–Trinajstić information content (AvgIpc) is 2.80. The summed E-state index contributed by atoms with van der Waals surface area (Å²) in [5.74, 6) is -0.556. The number of anilines is 1. The van der Waals surface area contributed by atoms with E-state index in [4.69, 9.17) is 11.1 Å². The van der Waals surface area contributed by atoms with Gasteiger partial charge in [-0.2, -0.15) is 0 Å². The van der Waals surface area contributed by atoms with Gasteiger partial charge in [-0.1, -0.05) is 36.8 Å². The second-order valence-electron chi connectivity index (χ2n) is 7.97. The first-order valence-corrected chi connectivity index (χ1v) is 10.7. The maximum Gasteiger partial charge on any atom is 0.249 e. The molecule has 2 atom stereocenters. The van der Waals surface area contributed by atoms with E-state index in [-0.39, 0.29) is 23.7 Å². The molecule has 7 heteroatoms. The van der Waals surface area contributed by atoms with Crippen molar-refractivity contribution in [1.82, 2.24) is 10.6 Å². The van der Waals surface area contributed by atoms with Gasteiger partial charge in [-0.25, -0.2) is 0 Å².